The second kappa shape index (κ2) is 6.98. The molecule has 1 aromatic carbocycles. The smallest absolute Gasteiger partial charge is 0.319 e. The largest absolute Gasteiger partial charge is 0.480 e. The van der Waals surface area contributed by atoms with E-state index in [9.17, 15) is 9.59 Å². The molecule has 0 saturated heterocycles. The van der Waals surface area contributed by atoms with Crippen LogP contribution in [0.3, 0.4) is 0 Å². The highest BCUT2D eigenvalue weighted by Gasteiger charge is 2.22. The van der Waals surface area contributed by atoms with Gasteiger partial charge in [-0.15, -0.1) is 0 Å². The molecule has 2 aromatic rings. The van der Waals surface area contributed by atoms with Gasteiger partial charge < -0.3 is 25.2 Å². The lowest BCUT2D eigenvalue weighted by atomic mass is 10.2. The summed E-state index contributed by atoms with van der Waals surface area (Å²) in [4.78, 5) is 27.8. The van der Waals surface area contributed by atoms with Crippen LogP contribution in [0.15, 0.2) is 16.7 Å². The zero-order chi connectivity index (χ0) is 18.0. The molecule has 0 saturated carbocycles. The maximum absolute atomic E-state index is 12.2. The van der Waals surface area contributed by atoms with Crippen molar-refractivity contribution in [3.63, 3.8) is 0 Å². The molecule has 0 radical (unpaired) electrons. The van der Waals surface area contributed by atoms with E-state index in [0.29, 0.717) is 35.3 Å². The molecule has 10 heteroatoms. The summed E-state index contributed by atoms with van der Waals surface area (Å²) in [7, 11) is 0. The van der Waals surface area contributed by atoms with Gasteiger partial charge in [-0.3, -0.25) is 4.79 Å². The third-order valence-electron chi connectivity index (χ3n) is 3.48. The molecule has 3 N–H and O–H groups in total. The number of anilines is 2. The number of benzene rings is 1. The molecule has 1 aliphatic rings. The summed E-state index contributed by atoms with van der Waals surface area (Å²) >= 11 is 6.13. The number of ether oxygens (including phenoxy) is 1. The lowest BCUT2D eigenvalue weighted by molar-refractivity contribution is -0.118. The predicted octanol–water partition coefficient (Wildman–Crippen LogP) is 2.64. The molecule has 1 aromatic heterocycles. The number of fused-ring (bicyclic) bond motifs is 1. The van der Waals surface area contributed by atoms with E-state index in [1.54, 1.807) is 13.0 Å². The number of halogens is 1. The average molecular weight is 366 g/mol. The number of aryl methyl sites for hydroxylation is 1. The number of nitrogens with one attached hydrogen (secondary N) is 3. The minimum atomic E-state index is -0.471. The van der Waals surface area contributed by atoms with Gasteiger partial charge in [-0.05, 0) is 25.5 Å². The van der Waals surface area contributed by atoms with Gasteiger partial charge in [0, 0.05) is 5.69 Å². The third kappa shape index (κ3) is 3.82. The van der Waals surface area contributed by atoms with Gasteiger partial charge in [-0.25, -0.2) is 4.79 Å². The molecule has 0 aliphatic carbocycles. The van der Waals surface area contributed by atoms with Crippen LogP contribution in [-0.2, 0) is 4.79 Å². The van der Waals surface area contributed by atoms with E-state index in [1.807, 2.05) is 6.92 Å². The van der Waals surface area contributed by atoms with Crippen LogP contribution < -0.4 is 20.7 Å². The van der Waals surface area contributed by atoms with E-state index >= 15 is 0 Å². The van der Waals surface area contributed by atoms with E-state index in [4.69, 9.17) is 20.9 Å². The lowest BCUT2D eigenvalue weighted by Crippen LogP contribution is -2.32. The average Bonchev–Trinajstić information content (AvgIpc) is 2.98. The van der Waals surface area contributed by atoms with Crippen molar-refractivity contribution in [3.05, 3.63) is 28.9 Å². The number of carbonyl (C=O) groups excluding carboxylic acids is 2. The van der Waals surface area contributed by atoms with Crippen molar-refractivity contribution < 1.29 is 18.8 Å². The third-order valence-corrected chi connectivity index (χ3v) is 3.76. The van der Waals surface area contributed by atoms with Crippen LogP contribution in [0.1, 0.15) is 31.1 Å². The second-order valence-corrected chi connectivity index (χ2v) is 5.82. The first-order valence-electron chi connectivity index (χ1n) is 7.60. The Morgan fingerprint density at radius 3 is 2.96 bits per heavy atom. The predicted molar refractivity (Wildman–Crippen MR) is 89.8 cm³/mol. The first kappa shape index (κ1) is 17.0. The van der Waals surface area contributed by atoms with Crippen molar-refractivity contribution in [3.8, 4) is 5.75 Å². The molecule has 1 aliphatic heterocycles. The monoisotopic (exact) mass is 365 g/mol. The number of carbonyl (C=O) groups is 2. The molecule has 0 bridgehead atoms. The summed E-state index contributed by atoms with van der Waals surface area (Å²) < 4.78 is 10.4. The van der Waals surface area contributed by atoms with Gasteiger partial charge in [0.05, 0.1) is 10.7 Å². The van der Waals surface area contributed by atoms with Crippen molar-refractivity contribution in [2.24, 2.45) is 0 Å². The fourth-order valence-corrected chi connectivity index (χ4v) is 2.62. The lowest BCUT2D eigenvalue weighted by Gasteiger charge is -2.20. The molecular weight excluding hydrogens is 350 g/mol. The second-order valence-electron chi connectivity index (χ2n) is 5.41. The maximum Gasteiger partial charge on any atom is 0.319 e. The molecule has 3 amide bonds. The molecule has 9 nitrogen and oxygen atoms in total. The molecule has 132 valence electrons. The Morgan fingerprint density at radius 2 is 2.28 bits per heavy atom. The molecule has 0 fully saturated rings. The molecular formula is C15H16ClN5O4. The SMILES string of the molecule is CCC(NC(=O)Nc1cc(Cl)c2c(c1)NC(=O)CO2)c1nc(C)no1. The molecule has 2 heterocycles. The minimum absolute atomic E-state index is 0.0955. The number of hydrogen-bond acceptors (Lipinski definition) is 6. The van der Waals surface area contributed by atoms with Crippen LogP contribution in [0.5, 0.6) is 5.75 Å². The van der Waals surface area contributed by atoms with Crippen molar-refractivity contribution >= 4 is 34.9 Å². The summed E-state index contributed by atoms with van der Waals surface area (Å²) in [6, 6.07) is 2.21. The van der Waals surface area contributed by atoms with Gasteiger partial charge in [-0.1, -0.05) is 23.7 Å². The Bertz CT molecular complexity index is 822. The Balaban J connectivity index is 1.71. The number of hydrogen-bond donors (Lipinski definition) is 3. The standard InChI is InChI=1S/C15H16ClN5O4/c1-3-10(14-17-7(2)21-25-14)20-15(23)18-8-4-9(16)13-11(5-8)19-12(22)6-24-13/h4-5,10H,3,6H2,1-2H3,(H,19,22)(H2,18,20,23). The highest BCUT2D eigenvalue weighted by molar-refractivity contribution is 6.33. The molecule has 25 heavy (non-hydrogen) atoms. The van der Waals surface area contributed by atoms with Crippen molar-refractivity contribution in [1.82, 2.24) is 15.5 Å². The quantitative estimate of drug-likeness (QED) is 0.766. The van der Waals surface area contributed by atoms with Crippen LogP contribution in [0.2, 0.25) is 5.02 Å². The van der Waals surface area contributed by atoms with Gasteiger partial charge in [0.1, 0.15) is 6.04 Å². The van der Waals surface area contributed by atoms with Gasteiger partial charge in [0.2, 0.25) is 5.89 Å². The summed E-state index contributed by atoms with van der Waals surface area (Å²) in [5.74, 6) is 0.912. The Hall–Kier alpha value is -2.81. The Morgan fingerprint density at radius 1 is 1.48 bits per heavy atom. The Kier molecular flexibility index (Phi) is 4.75. The number of rotatable bonds is 4. The van der Waals surface area contributed by atoms with Gasteiger partial charge in [0.15, 0.2) is 18.2 Å². The van der Waals surface area contributed by atoms with E-state index < -0.39 is 12.1 Å². The number of urea groups is 1. The van der Waals surface area contributed by atoms with Crippen LogP contribution in [-0.4, -0.2) is 28.7 Å². The van der Waals surface area contributed by atoms with E-state index in [2.05, 4.69) is 26.1 Å². The number of aromatic nitrogens is 2. The number of nitrogens with zero attached hydrogens (tertiary/aromatic N) is 2. The van der Waals surface area contributed by atoms with Gasteiger partial charge in [-0.2, -0.15) is 4.98 Å². The maximum atomic E-state index is 12.2. The zero-order valence-electron chi connectivity index (χ0n) is 13.6. The van der Waals surface area contributed by atoms with E-state index in [0.717, 1.165) is 0 Å². The minimum Gasteiger partial charge on any atom is -0.480 e. The van der Waals surface area contributed by atoms with Crippen molar-refractivity contribution in [2.75, 3.05) is 17.2 Å². The summed E-state index contributed by atoms with van der Waals surface area (Å²) in [5, 5.41) is 12.0. The first-order chi connectivity index (χ1) is 12.0. The molecule has 1 atom stereocenters. The van der Waals surface area contributed by atoms with Crippen LogP contribution in [0, 0.1) is 6.92 Å². The van der Waals surface area contributed by atoms with Gasteiger partial charge >= 0.3 is 6.03 Å². The Labute approximate surface area is 148 Å². The van der Waals surface area contributed by atoms with E-state index in [1.165, 1.54) is 6.07 Å². The summed E-state index contributed by atoms with van der Waals surface area (Å²) in [6.45, 7) is 3.49. The highest BCUT2D eigenvalue weighted by Crippen LogP contribution is 2.38. The normalized spacial score (nSPS) is 14.1. The van der Waals surface area contributed by atoms with Crippen molar-refractivity contribution in [1.29, 1.82) is 0 Å². The van der Waals surface area contributed by atoms with Crippen molar-refractivity contribution in [2.45, 2.75) is 26.3 Å². The van der Waals surface area contributed by atoms with Gasteiger partial charge in [0.25, 0.3) is 5.91 Å². The summed E-state index contributed by atoms with van der Waals surface area (Å²) in [5.41, 5.74) is 0.808. The fraction of sp³-hybridized carbons (Fsp3) is 0.333. The zero-order valence-corrected chi connectivity index (χ0v) is 14.3. The first-order valence-corrected chi connectivity index (χ1v) is 7.98. The molecule has 1 unspecified atom stereocenters. The molecule has 3 rings (SSSR count). The fourth-order valence-electron chi connectivity index (χ4n) is 2.35. The van der Waals surface area contributed by atoms with Crippen LogP contribution in [0.4, 0.5) is 16.2 Å². The topological polar surface area (TPSA) is 118 Å². The van der Waals surface area contributed by atoms with E-state index in [-0.39, 0.29) is 17.5 Å². The highest BCUT2D eigenvalue weighted by atomic mass is 35.5. The number of amides is 3. The van der Waals surface area contributed by atoms with Crippen LogP contribution >= 0.6 is 11.6 Å². The van der Waals surface area contributed by atoms with Crippen LogP contribution in [0.25, 0.3) is 0 Å². The summed E-state index contributed by atoms with van der Waals surface area (Å²) in [6.07, 6.45) is 0.573. The molecule has 0 spiro atoms.